The summed E-state index contributed by atoms with van der Waals surface area (Å²) in [7, 11) is 0. The van der Waals surface area contributed by atoms with Gasteiger partial charge >= 0.3 is 0 Å². The molecule has 60 valence electrons. The van der Waals surface area contributed by atoms with Crippen LogP contribution in [-0.2, 0) is 11.9 Å². The Labute approximate surface area is 83.2 Å². The highest BCUT2D eigenvalue weighted by Crippen LogP contribution is 2.21. The lowest BCUT2D eigenvalue weighted by molar-refractivity contribution is 1.04. The van der Waals surface area contributed by atoms with Crippen LogP contribution < -0.4 is 5.73 Å². The number of hydrogen-bond donors (Lipinski definition) is 1. The van der Waals surface area contributed by atoms with E-state index in [0.717, 1.165) is 9.80 Å². The zero-order valence-electron chi connectivity index (χ0n) is 5.98. The van der Waals surface area contributed by atoms with Gasteiger partial charge in [0, 0.05) is 16.3 Å². The Morgan fingerprint density at radius 2 is 2.09 bits per heavy atom. The summed E-state index contributed by atoms with van der Waals surface area (Å²) in [6.45, 7) is 0.586. The maximum atomic E-state index is 5.58. The fourth-order valence-electron chi connectivity index (χ4n) is 0.957. The first-order chi connectivity index (χ1) is 5.29. The molecule has 11 heavy (non-hydrogen) atoms. The van der Waals surface area contributed by atoms with Crippen molar-refractivity contribution < 1.29 is 0 Å². The van der Waals surface area contributed by atoms with Crippen LogP contribution in [0, 0.1) is 0 Å². The van der Waals surface area contributed by atoms with Crippen LogP contribution in [0.1, 0.15) is 11.1 Å². The topological polar surface area (TPSA) is 26.0 Å². The fraction of sp³-hybridized carbons (Fsp3) is 0.250. The predicted octanol–water partition coefficient (Wildman–Crippen LogP) is 2.80. The number of hydrogen-bond acceptors (Lipinski definition) is 1. The summed E-state index contributed by atoms with van der Waals surface area (Å²) in [5.74, 6) is 0. The van der Waals surface area contributed by atoms with Crippen molar-refractivity contribution in [2.45, 2.75) is 11.9 Å². The predicted molar refractivity (Wildman–Crippen MR) is 54.7 cm³/mol. The van der Waals surface area contributed by atoms with Crippen LogP contribution in [0.4, 0.5) is 0 Å². The minimum atomic E-state index is 0.586. The van der Waals surface area contributed by atoms with E-state index in [2.05, 4.69) is 37.9 Å². The third-order valence-electron chi connectivity index (χ3n) is 1.56. The number of halogens is 2. The summed E-state index contributed by atoms with van der Waals surface area (Å²) in [6, 6.07) is 6.09. The van der Waals surface area contributed by atoms with Gasteiger partial charge in [-0.3, -0.25) is 0 Å². The zero-order chi connectivity index (χ0) is 8.27. The minimum absolute atomic E-state index is 0.586. The molecule has 0 saturated heterocycles. The Hall–Kier alpha value is 0.140. The summed E-state index contributed by atoms with van der Waals surface area (Å²) < 4.78 is 1.09. The van der Waals surface area contributed by atoms with E-state index in [-0.39, 0.29) is 0 Å². The average molecular weight is 279 g/mol. The van der Waals surface area contributed by atoms with Crippen molar-refractivity contribution >= 4 is 31.9 Å². The zero-order valence-corrected chi connectivity index (χ0v) is 9.15. The van der Waals surface area contributed by atoms with E-state index in [4.69, 9.17) is 5.73 Å². The molecular formula is C8H9Br2N. The SMILES string of the molecule is NCc1c(Br)cccc1CBr. The van der Waals surface area contributed by atoms with Gasteiger partial charge < -0.3 is 5.73 Å². The van der Waals surface area contributed by atoms with Gasteiger partial charge in [0.25, 0.3) is 0 Å². The smallest absolute Gasteiger partial charge is 0.0286 e. The number of rotatable bonds is 2. The first-order valence-electron chi connectivity index (χ1n) is 3.32. The van der Waals surface area contributed by atoms with E-state index in [0.29, 0.717) is 6.54 Å². The molecule has 0 atom stereocenters. The van der Waals surface area contributed by atoms with Crippen molar-refractivity contribution in [1.82, 2.24) is 0 Å². The van der Waals surface area contributed by atoms with E-state index in [1.54, 1.807) is 0 Å². The lowest BCUT2D eigenvalue weighted by atomic mass is 10.1. The van der Waals surface area contributed by atoms with E-state index in [9.17, 15) is 0 Å². The fourth-order valence-corrected chi connectivity index (χ4v) is 2.05. The van der Waals surface area contributed by atoms with Gasteiger partial charge in [-0.1, -0.05) is 44.0 Å². The number of nitrogens with two attached hydrogens (primary N) is 1. The van der Waals surface area contributed by atoms with E-state index >= 15 is 0 Å². The second-order valence-electron chi connectivity index (χ2n) is 2.22. The Morgan fingerprint density at radius 3 is 2.55 bits per heavy atom. The van der Waals surface area contributed by atoms with Crippen LogP contribution in [-0.4, -0.2) is 0 Å². The van der Waals surface area contributed by atoms with Crippen molar-refractivity contribution in [3.05, 3.63) is 33.8 Å². The van der Waals surface area contributed by atoms with Crippen molar-refractivity contribution in [1.29, 1.82) is 0 Å². The van der Waals surface area contributed by atoms with Gasteiger partial charge in [-0.05, 0) is 17.2 Å². The highest BCUT2D eigenvalue weighted by Gasteiger charge is 2.01. The molecule has 0 aliphatic heterocycles. The summed E-state index contributed by atoms with van der Waals surface area (Å²) in [6.07, 6.45) is 0. The van der Waals surface area contributed by atoms with Crippen LogP contribution in [0.3, 0.4) is 0 Å². The molecule has 0 aliphatic rings. The van der Waals surface area contributed by atoms with Crippen molar-refractivity contribution in [3.63, 3.8) is 0 Å². The third-order valence-corrected chi connectivity index (χ3v) is 2.91. The molecule has 1 aromatic rings. The van der Waals surface area contributed by atoms with Crippen molar-refractivity contribution in [2.24, 2.45) is 5.73 Å². The van der Waals surface area contributed by atoms with Crippen LogP contribution in [0.25, 0.3) is 0 Å². The maximum Gasteiger partial charge on any atom is 0.0286 e. The van der Waals surface area contributed by atoms with Crippen LogP contribution in [0.15, 0.2) is 22.7 Å². The number of benzene rings is 1. The molecule has 0 amide bonds. The summed E-state index contributed by atoms with van der Waals surface area (Å²) in [5, 5.41) is 0.860. The van der Waals surface area contributed by atoms with Crippen LogP contribution in [0.2, 0.25) is 0 Å². The van der Waals surface area contributed by atoms with Gasteiger partial charge in [0.2, 0.25) is 0 Å². The Kier molecular flexibility index (Phi) is 3.55. The first kappa shape index (κ1) is 9.23. The van der Waals surface area contributed by atoms with Gasteiger partial charge in [0.15, 0.2) is 0 Å². The second kappa shape index (κ2) is 4.24. The average Bonchev–Trinajstić information content (AvgIpc) is 2.04. The molecule has 0 unspecified atom stereocenters. The summed E-state index contributed by atoms with van der Waals surface area (Å²) in [4.78, 5) is 0. The lowest BCUT2D eigenvalue weighted by Crippen LogP contribution is -2.00. The molecule has 0 spiro atoms. The van der Waals surface area contributed by atoms with Crippen molar-refractivity contribution in [3.8, 4) is 0 Å². The molecule has 0 bridgehead atoms. The maximum absolute atomic E-state index is 5.58. The monoisotopic (exact) mass is 277 g/mol. The van der Waals surface area contributed by atoms with Gasteiger partial charge in [-0.2, -0.15) is 0 Å². The van der Waals surface area contributed by atoms with Gasteiger partial charge in [0.1, 0.15) is 0 Å². The Morgan fingerprint density at radius 1 is 1.36 bits per heavy atom. The van der Waals surface area contributed by atoms with Crippen LogP contribution >= 0.6 is 31.9 Å². The Bertz CT molecular complexity index is 248. The van der Waals surface area contributed by atoms with E-state index < -0.39 is 0 Å². The van der Waals surface area contributed by atoms with Gasteiger partial charge in [0.05, 0.1) is 0 Å². The molecule has 0 saturated carbocycles. The van der Waals surface area contributed by atoms with Gasteiger partial charge in [-0.15, -0.1) is 0 Å². The highest BCUT2D eigenvalue weighted by atomic mass is 79.9. The molecule has 1 aromatic carbocycles. The summed E-state index contributed by atoms with van der Waals surface area (Å²) in [5.41, 5.74) is 8.01. The molecule has 0 aromatic heterocycles. The lowest BCUT2D eigenvalue weighted by Gasteiger charge is -2.05. The van der Waals surface area contributed by atoms with E-state index in [1.807, 2.05) is 12.1 Å². The second-order valence-corrected chi connectivity index (χ2v) is 3.63. The minimum Gasteiger partial charge on any atom is -0.326 e. The number of alkyl halides is 1. The quantitative estimate of drug-likeness (QED) is 0.828. The summed E-state index contributed by atoms with van der Waals surface area (Å²) >= 11 is 6.85. The standard InChI is InChI=1S/C8H9Br2N/c9-4-6-2-1-3-8(10)7(6)5-11/h1-3H,4-5,11H2. The largest absolute Gasteiger partial charge is 0.326 e. The van der Waals surface area contributed by atoms with Crippen LogP contribution in [0.5, 0.6) is 0 Å². The molecule has 0 radical (unpaired) electrons. The molecule has 1 nitrogen and oxygen atoms in total. The van der Waals surface area contributed by atoms with E-state index in [1.165, 1.54) is 11.1 Å². The normalized spacial score (nSPS) is 10.1. The first-order valence-corrected chi connectivity index (χ1v) is 5.23. The molecule has 3 heteroatoms. The third kappa shape index (κ3) is 2.04. The molecule has 2 N–H and O–H groups in total. The molecular weight excluding hydrogens is 270 g/mol. The molecule has 0 aliphatic carbocycles. The molecule has 1 rings (SSSR count). The van der Waals surface area contributed by atoms with Gasteiger partial charge in [-0.25, -0.2) is 0 Å². The van der Waals surface area contributed by atoms with Crippen molar-refractivity contribution in [2.75, 3.05) is 0 Å². The molecule has 0 heterocycles. The molecule has 0 fully saturated rings. The Balaban J connectivity index is 3.13. The highest BCUT2D eigenvalue weighted by molar-refractivity contribution is 9.10.